The van der Waals surface area contributed by atoms with Crippen LogP contribution in [0.1, 0.15) is 24.5 Å². The monoisotopic (exact) mass is 395 g/mol. The molecule has 2 rings (SSSR count). The second kappa shape index (κ2) is 7.99. The molecule has 0 radical (unpaired) electrons. The van der Waals surface area contributed by atoms with Crippen molar-refractivity contribution < 1.29 is 18.3 Å². The van der Waals surface area contributed by atoms with E-state index in [1.165, 1.54) is 6.07 Å². The van der Waals surface area contributed by atoms with E-state index in [1.54, 1.807) is 12.1 Å². The van der Waals surface area contributed by atoms with E-state index < -0.39 is 22.2 Å². The topological polar surface area (TPSA) is 113 Å². The average Bonchev–Trinajstić information content (AvgIpc) is 2.54. The molecule has 0 aromatic heterocycles. The van der Waals surface area contributed by atoms with Crippen molar-refractivity contribution in [1.82, 2.24) is 9.62 Å². The molecule has 0 aliphatic carbocycles. The highest BCUT2D eigenvalue weighted by molar-refractivity contribution is 7.86. The van der Waals surface area contributed by atoms with E-state index in [4.69, 9.17) is 28.3 Å². The van der Waals surface area contributed by atoms with Gasteiger partial charge in [0.1, 0.15) is 0 Å². The Morgan fingerprint density at radius 3 is 2.75 bits per heavy atom. The number of nitrogens with two attached hydrogens (primary N) is 1. The van der Waals surface area contributed by atoms with Gasteiger partial charge in [-0.2, -0.15) is 12.7 Å². The standard InChI is InChI=1S/C14H19Cl2N3O4S/c15-11-4-3-9(6-12(11)16)13(20)7-18-14(21)10-2-1-5-19(8-10)24(17,22)23/h3-4,6,10,13,20H,1-2,5,7-8H2,(H,18,21)(H2,17,22,23). The summed E-state index contributed by atoms with van der Waals surface area (Å²) in [7, 11) is -3.80. The quantitative estimate of drug-likeness (QED) is 0.691. The molecule has 1 aromatic carbocycles. The number of nitrogens with zero attached hydrogens (tertiary/aromatic N) is 1. The number of amides is 1. The van der Waals surface area contributed by atoms with Crippen molar-refractivity contribution in [3.05, 3.63) is 33.8 Å². The van der Waals surface area contributed by atoms with Gasteiger partial charge in [-0.3, -0.25) is 4.79 Å². The summed E-state index contributed by atoms with van der Waals surface area (Å²) >= 11 is 11.7. The van der Waals surface area contributed by atoms with Crippen molar-refractivity contribution in [3.63, 3.8) is 0 Å². The Hall–Kier alpha value is -0.900. The maximum atomic E-state index is 12.2. The van der Waals surface area contributed by atoms with E-state index in [1.807, 2.05) is 0 Å². The molecule has 4 N–H and O–H groups in total. The van der Waals surface area contributed by atoms with E-state index in [0.717, 1.165) is 4.31 Å². The minimum atomic E-state index is -3.80. The Balaban J connectivity index is 1.91. The summed E-state index contributed by atoms with van der Waals surface area (Å²) in [4.78, 5) is 12.2. The fourth-order valence-corrected chi connectivity index (χ4v) is 3.64. The minimum absolute atomic E-state index is 0.0112. The molecule has 0 saturated carbocycles. The fourth-order valence-electron chi connectivity index (χ4n) is 2.57. The molecule has 1 aliphatic rings. The number of carbonyl (C=O) groups excluding carboxylic acids is 1. The molecule has 24 heavy (non-hydrogen) atoms. The molecule has 134 valence electrons. The maximum absolute atomic E-state index is 12.2. The second-order valence-corrected chi connectivity index (χ2v) is 8.04. The van der Waals surface area contributed by atoms with Crippen LogP contribution in [-0.2, 0) is 15.0 Å². The highest BCUT2D eigenvalue weighted by atomic mass is 35.5. The molecule has 10 heteroatoms. The van der Waals surface area contributed by atoms with Crippen LogP contribution in [-0.4, -0.2) is 43.4 Å². The molecule has 2 atom stereocenters. The highest BCUT2D eigenvalue weighted by Gasteiger charge is 2.30. The number of hydrogen-bond donors (Lipinski definition) is 3. The SMILES string of the molecule is NS(=O)(=O)N1CCCC(C(=O)NCC(O)c2ccc(Cl)c(Cl)c2)C1. The molecule has 1 heterocycles. The molecule has 1 aromatic rings. The number of aliphatic hydroxyl groups excluding tert-OH is 1. The van der Waals surface area contributed by atoms with Crippen LogP contribution in [0.5, 0.6) is 0 Å². The third kappa shape index (κ3) is 5.05. The summed E-state index contributed by atoms with van der Waals surface area (Å²) in [6, 6.07) is 4.72. The summed E-state index contributed by atoms with van der Waals surface area (Å²) in [5, 5.41) is 18.5. The first-order valence-corrected chi connectivity index (χ1v) is 9.63. The Kier molecular flexibility index (Phi) is 6.46. The number of piperidine rings is 1. The van der Waals surface area contributed by atoms with Crippen LogP contribution >= 0.6 is 23.2 Å². The minimum Gasteiger partial charge on any atom is -0.387 e. The van der Waals surface area contributed by atoms with Crippen molar-refractivity contribution >= 4 is 39.3 Å². The number of halogens is 2. The number of carbonyl (C=O) groups is 1. The third-order valence-electron chi connectivity index (χ3n) is 3.91. The first kappa shape index (κ1) is 19.4. The Morgan fingerprint density at radius 1 is 1.42 bits per heavy atom. The summed E-state index contributed by atoms with van der Waals surface area (Å²) < 4.78 is 23.8. The second-order valence-electron chi connectivity index (χ2n) is 5.68. The lowest BCUT2D eigenvalue weighted by atomic mass is 9.98. The summed E-state index contributed by atoms with van der Waals surface area (Å²) in [5.41, 5.74) is 0.527. The van der Waals surface area contributed by atoms with Gasteiger partial charge < -0.3 is 10.4 Å². The van der Waals surface area contributed by atoms with E-state index in [0.29, 0.717) is 35.0 Å². The molecular weight excluding hydrogens is 377 g/mol. The highest BCUT2D eigenvalue weighted by Crippen LogP contribution is 2.25. The van der Waals surface area contributed by atoms with Gasteiger partial charge in [-0.1, -0.05) is 29.3 Å². The number of benzene rings is 1. The van der Waals surface area contributed by atoms with Crippen LogP contribution in [0.15, 0.2) is 18.2 Å². The first-order valence-electron chi connectivity index (χ1n) is 7.37. The summed E-state index contributed by atoms with van der Waals surface area (Å²) in [5.74, 6) is -0.805. The van der Waals surface area contributed by atoms with Crippen molar-refractivity contribution in [1.29, 1.82) is 0 Å². The first-order chi connectivity index (χ1) is 11.2. The number of hydrogen-bond acceptors (Lipinski definition) is 4. The molecule has 1 aliphatic heterocycles. The number of nitrogens with one attached hydrogen (secondary N) is 1. The van der Waals surface area contributed by atoms with Gasteiger partial charge in [0.05, 0.1) is 22.1 Å². The largest absolute Gasteiger partial charge is 0.387 e. The zero-order valence-corrected chi connectivity index (χ0v) is 15.1. The van der Waals surface area contributed by atoms with Crippen molar-refractivity contribution in [2.45, 2.75) is 18.9 Å². The molecule has 2 unspecified atom stereocenters. The molecule has 1 saturated heterocycles. The fraction of sp³-hybridized carbons (Fsp3) is 0.500. The zero-order chi connectivity index (χ0) is 17.9. The van der Waals surface area contributed by atoms with Crippen LogP contribution in [0.2, 0.25) is 10.0 Å². The third-order valence-corrected chi connectivity index (χ3v) is 5.70. The van der Waals surface area contributed by atoms with Crippen molar-refractivity contribution in [2.75, 3.05) is 19.6 Å². The molecule has 7 nitrogen and oxygen atoms in total. The van der Waals surface area contributed by atoms with Gasteiger partial charge >= 0.3 is 0 Å². The summed E-state index contributed by atoms with van der Waals surface area (Å²) in [6.45, 7) is 0.352. The van der Waals surface area contributed by atoms with E-state index in [9.17, 15) is 18.3 Å². The van der Waals surface area contributed by atoms with E-state index in [-0.39, 0.29) is 19.0 Å². The average molecular weight is 396 g/mol. The Morgan fingerprint density at radius 2 is 2.12 bits per heavy atom. The van der Waals surface area contributed by atoms with Gasteiger partial charge in [0.2, 0.25) is 5.91 Å². The lowest BCUT2D eigenvalue weighted by Crippen LogP contribution is -2.48. The molecule has 0 spiro atoms. The van der Waals surface area contributed by atoms with E-state index in [2.05, 4.69) is 5.32 Å². The summed E-state index contributed by atoms with van der Waals surface area (Å²) in [6.07, 6.45) is 0.187. The van der Waals surface area contributed by atoms with Gasteiger partial charge in [-0.05, 0) is 30.5 Å². The normalized spacial score (nSPS) is 20.6. The molecular formula is C14H19Cl2N3O4S. The van der Waals surface area contributed by atoms with Crippen LogP contribution in [0.3, 0.4) is 0 Å². The Labute approximate surface area is 150 Å². The van der Waals surface area contributed by atoms with Crippen molar-refractivity contribution in [2.24, 2.45) is 11.1 Å². The van der Waals surface area contributed by atoms with Crippen LogP contribution in [0, 0.1) is 5.92 Å². The van der Waals surface area contributed by atoms with Crippen molar-refractivity contribution in [3.8, 4) is 0 Å². The number of rotatable bonds is 5. The van der Waals surface area contributed by atoms with Crippen LogP contribution < -0.4 is 10.5 Å². The van der Waals surface area contributed by atoms with Gasteiger partial charge in [-0.25, -0.2) is 5.14 Å². The smallest absolute Gasteiger partial charge is 0.276 e. The van der Waals surface area contributed by atoms with Gasteiger partial charge in [0.15, 0.2) is 0 Å². The lowest BCUT2D eigenvalue weighted by molar-refractivity contribution is -0.126. The predicted octanol–water partition coefficient (Wildman–Crippen LogP) is 1.06. The Bertz CT molecular complexity index is 714. The van der Waals surface area contributed by atoms with Gasteiger partial charge in [-0.15, -0.1) is 0 Å². The van der Waals surface area contributed by atoms with Crippen LogP contribution in [0.25, 0.3) is 0 Å². The molecule has 0 bridgehead atoms. The molecule has 1 amide bonds. The zero-order valence-electron chi connectivity index (χ0n) is 12.8. The van der Waals surface area contributed by atoms with Gasteiger partial charge in [0, 0.05) is 19.6 Å². The maximum Gasteiger partial charge on any atom is 0.276 e. The lowest BCUT2D eigenvalue weighted by Gasteiger charge is -2.29. The van der Waals surface area contributed by atoms with Gasteiger partial charge in [0.25, 0.3) is 10.2 Å². The molecule has 1 fully saturated rings. The van der Waals surface area contributed by atoms with Crippen LogP contribution in [0.4, 0.5) is 0 Å². The van der Waals surface area contributed by atoms with E-state index >= 15 is 0 Å². The number of aliphatic hydroxyl groups is 1. The predicted molar refractivity (Wildman–Crippen MR) is 91.8 cm³/mol.